The maximum atomic E-state index is 15.6. The molecule has 0 aliphatic carbocycles. The quantitative estimate of drug-likeness (QED) is 0.308. The summed E-state index contributed by atoms with van der Waals surface area (Å²) in [5, 5.41) is 1.51. The van der Waals surface area contributed by atoms with Gasteiger partial charge in [-0.25, -0.2) is 23.3 Å². The second-order valence-electron chi connectivity index (χ2n) is 7.20. The maximum absolute atomic E-state index is 15.6. The molecule has 0 saturated heterocycles. The van der Waals surface area contributed by atoms with Crippen molar-refractivity contribution < 1.29 is 17.6 Å². The lowest BCUT2D eigenvalue weighted by atomic mass is 10.1. The number of thiazole rings is 1. The van der Waals surface area contributed by atoms with E-state index in [0.29, 0.717) is 11.3 Å². The standard InChI is InChI=1S/C24H13F4N3OS/c25-16-8-6-14(7-9-16)20-13-33-23(30-20)31-21(32)18-11-10-17(26)12-19(18)29-22(31)24(27,28)15-4-2-1-3-5-15/h1-13H. The van der Waals surface area contributed by atoms with Gasteiger partial charge in [0.05, 0.1) is 16.6 Å². The SMILES string of the molecule is O=c1c2ccc(F)cc2nc(C(F)(F)c2ccccc2)n1-c1nc(-c2ccc(F)cc2)cs1. The molecule has 0 amide bonds. The Morgan fingerprint density at radius 2 is 1.55 bits per heavy atom. The molecule has 0 aliphatic rings. The van der Waals surface area contributed by atoms with E-state index in [0.717, 1.165) is 28.0 Å². The van der Waals surface area contributed by atoms with Crippen molar-refractivity contribution in [2.75, 3.05) is 0 Å². The number of halogens is 4. The summed E-state index contributed by atoms with van der Waals surface area (Å²) in [7, 11) is 0. The molecule has 0 spiro atoms. The smallest absolute Gasteiger partial charge is 0.268 e. The summed E-state index contributed by atoms with van der Waals surface area (Å²) in [5.74, 6) is -5.69. The van der Waals surface area contributed by atoms with Gasteiger partial charge in [0.15, 0.2) is 11.0 Å². The Labute approximate surface area is 188 Å². The zero-order chi connectivity index (χ0) is 23.2. The van der Waals surface area contributed by atoms with Crippen molar-refractivity contribution in [1.82, 2.24) is 14.5 Å². The largest absolute Gasteiger partial charge is 0.330 e. The van der Waals surface area contributed by atoms with Crippen LogP contribution in [0.1, 0.15) is 11.4 Å². The minimum Gasteiger partial charge on any atom is -0.268 e. The van der Waals surface area contributed by atoms with E-state index in [-0.39, 0.29) is 21.6 Å². The lowest BCUT2D eigenvalue weighted by molar-refractivity contribution is 0.0303. The summed E-state index contributed by atoms with van der Waals surface area (Å²) in [5.41, 5.74) is -0.422. The molecule has 0 N–H and O–H groups in total. The number of rotatable bonds is 4. The van der Waals surface area contributed by atoms with Crippen LogP contribution in [0.25, 0.3) is 27.3 Å². The summed E-state index contributed by atoms with van der Waals surface area (Å²) in [6.45, 7) is 0. The summed E-state index contributed by atoms with van der Waals surface area (Å²) in [6, 6.07) is 15.6. The van der Waals surface area contributed by atoms with Gasteiger partial charge in [0.2, 0.25) is 0 Å². The number of hydrogen-bond donors (Lipinski definition) is 0. The van der Waals surface area contributed by atoms with Crippen molar-refractivity contribution in [1.29, 1.82) is 0 Å². The lowest BCUT2D eigenvalue weighted by Crippen LogP contribution is -2.31. The fraction of sp³-hybridized carbons (Fsp3) is 0.0417. The van der Waals surface area contributed by atoms with Gasteiger partial charge in [0.1, 0.15) is 11.6 Å². The third kappa shape index (κ3) is 3.70. The highest BCUT2D eigenvalue weighted by atomic mass is 32.1. The first kappa shape index (κ1) is 21.0. The van der Waals surface area contributed by atoms with E-state index in [1.165, 1.54) is 54.6 Å². The average molecular weight is 467 g/mol. The van der Waals surface area contributed by atoms with Crippen molar-refractivity contribution in [2.45, 2.75) is 5.92 Å². The molecule has 5 rings (SSSR count). The molecule has 33 heavy (non-hydrogen) atoms. The number of benzene rings is 3. The molecule has 0 aliphatic heterocycles. The minimum atomic E-state index is -3.68. The number of alkyl halides is 2. The molecular formula is C24H13F4N3OS. The molecule has 3 aromatic carbocycles. The van der Waals surface area contributed by atoms with Crippen LogP contribution in [0.2, 0.25) is 0 Å². The molecule has 4 nitrogen and oxygen atoms in total. The Bertz CT molecular complexity index is 1530. The Morgan fingerprint density at radius 3 is 2.27 bits per heavy atom. The third-order valence-electron chi connectivity index (χ3n) is 5.07. The number of aromatic nitrogens is 3. The lowest BCUT2D eigenvalue weighted by Gasteiger charge is -2.20. The number of hydrogen-bond acceptors (Lipinski definition) is 4. The third-order valence-corrected chi connectivity index (χ3v) is 5.90. The van der Waals surface area contributed by atoms with Crippen LogP contribution in [0.3, 0.4) is 0 Å². The van der Waals surface area contributed by atoms with Gasteiger partial charge in [0, 0.05) is 22.6 Å². The van der Waals surface area contributed by atoms with Crippen molar-refractivity contribution >= 4 is 22.2 Å². The van der Waals surface area contributed by atoms with Crippen LogP contribution in [0.4, 0.5) is 17.6 Å². The minimum absolute atomic E-state index is 0.0254. The first-order chi connectivity index (χ1) is 15.8. The summed E-state index contributed by atoms with van der Waals surface area (Å²) >= 11 is 0.964. The van der Waals surface area contributed by atoms with Gasteiger partial charge in [0.25, 0.3) is 5.56 Å². The fourth-order valence-corrected chi connectivity index (χ4v) is 4.28. The van der Waals surface area contributed by atoms with Crippen molar-refractivity contribution in [3.05, 3.63) is 112 Å². The average Bonchev–Trinajstić information content (AvgIpc) is 3.29. The van der Waals surface area contributed by atoms with E-state index in [9.17, 15) is 13.6 Å². The highest BCUT2D eigenvalue weighted by Gasteiger charge is 2.40. The molecular weight excluding hydrogens is 454 g/mol. The van der Waals surface area contributed by atoms with Gasteiger partial charge in [-0.2, -0.15) is 8.78 Å². The van der Waals surface area contributed by atoms with E-state index < -0.39 is 28.9 Å². The van der Waals surface area contributed by atoms with Crippen LogP contribution in [0, 0.1) is 11.6 Å². The predicted molar refractivity (Wildman–Crippen MR) is 118 cm³/mol. The normalized spacial score (nSPS) is 11.8. The highest BCUT2D eigenvalue weighted by molar-refractivity contribution is 7.12. The first-order valence-electron chi connectivity index (χ1n) is 9.72. The van der Waals surface area contributed by atoms with Gasteiger partial charge in [-0.1, -0.05) is 30.3 Å². The van der Waals surface area contributed by atoms with Crippen LogP contribution in [0.5, 0.6) is 0 Å². The van der Waals surface area contributed by atoms with E-state index in [1.807, 2.05) is 0 Å². The number of nitrogens with zero attached hydrogens (tertiary/aromatic N) is 3. The zero-order valence-corrected chi connectivity index (χ0v) is 17.5. The second-order valence-corrected chi connectivity index (χ2v) is 8.04. The van der Waals surface area contributed by atoms with E-state index in [2.05, 4.69) is 9.97 Å². The summed E-state index contributed by atoms with van der Waals surface area (Å²) in [4.78, 5) is 21.7. The molecule has 0 unspecified atom stereocenters. The molecule has 0 atom stereocenters. The van der Waals surface area contributed by atoms with Gasteiger partial charge >= 0.3 is 5.92 Å². The fourth-order valence-electron chi connectivity index (χ4n) is 3.44. The van der Waals surface area contributed by atoms with E-state index >= 15 is 8.78 Å². The molecule has 164 valence electrons. The van der Waals surface area contributed by atoms with Crippen LogP contribution >= 0.6 is 11.3 Å². The van der Waals surface area contributed by atoms with Crippen molar-refractivity contribution in [3.8, 4) is 16.4 Å². The van der Waals surface area contributed by atoms with Crippen LogP contribution in [-0.4, -0.2) is 14.5 Å². The molecule has 5 aromatic rings. The number of fused-ring (bicyclic) bond motifs is 1. The zero-order valence-electron chi connectivity index (χ0n) is 16.7. The molecule has 2 heterocycles. The van der Waals surface area contributed by atoms with Gasteiger partial charge < -0.3 is 0 Å². The maximum Gasteiger partial charge on any atom is 0.330 e. The van der Waals surface area contributed by atoms with Crippen molar-refractivity contribution in [2.24, 2.45) is 0 Å². The Balaban J connectivity index is 1.77. The van der Waals surface area contributed by atoms with Gasteiger partial charge in [-0.3, -0.25) is 4.79 Å². The molecule has 0 saturated carbocycles. The van der Waals surface area contributed by atoms with E-state index in [1.54, 1.807) is 11.4 Å². The Kier molecular flexibility index (Phi) is 5.05. The summed E-state index contributed by atoms with van der Waals surface area (Å²) in [6.07, 6.45) is 0. The monoisotopic (exact) mass is 467 g/mol. The van der Waals surface area contributed by atoms with Gasteiger partial charge in [-0.05, 0) is 36.4 Å². The van der Waals surface area contributed by atoms with Crippen molar-refractivity contribution in [3.63, 3.8) is 0 Å². The Morgan fingerprint density at radius 1 is 0.848 bits per heavy atom. The predicted octanol–water partition coefficient (Wildman–Crippen LogP) is 5.93. The first-order valence-corrected chi connectivity index (χ1v) is 10.6. The second kappa shape index (κ2) is 7.93. The molecule has 0 radical (unpaired) electrons. The van der Waals surface area contributed by atoms with Crippen LogP contribution in [-0.2, 0) is 5.92 Å². The van der Waals surface area contributed by atoms with Crippen LogP contribution in [0.15, 0.2) is 83.0 Å². The Hall–Kier alpha value is -3.85. The molecule has 0 bridgehead atoms. The van der Waals surface area contributed by atoms with Crippen LogP contribution < -0.4 is 5.56 Å². The topological polar surface area (TPSA) is 47.8 Å². The van der Waals surface area contributed by atoms with E-state index in [4.69, 9.17) is 0 Å². The van der Waals surface area contributed by atoms with Gasteiger partial charge in [-0.15, -0.1) is 11.3 Å². The molecule has 0 fully saturated rings. The highest BCUT2D eigenvalue weighted by Crippen LogP contribution is 2.36. The molecule has 2 aromatic heterocycles. The molecule has 9 heteroatoms. The summed E-state index contributed by atoms with van der Waals surface area (Å²) < 4.78 is 59.1.